The summed E-state index contributed by atoms with van der Waals surface area (Å²) in [5.41, 5.74) is 2.43. The van der Waals surface area contributed by atoms with E-state index in [1.807, 2.05) is 48.5 Å². The molecule has 6 nitrogen and oxygen atoms in total. The van der Waals surface area contributed by atoms with Gasteiger partial charge in [0.25, 0.3) is 5.91 Å². The molecule has 1 aliphatic rings. The fourth-order valence-electron chi connectivity index (χ4n) is 4.52. The number of hydrogen-bond acceptors (Lipinski definition) is 5. The van der Waals surface area contributed by atoms with E-state index < -0.39 is 6.04 Å². The van der Waals surface area contributed by atoms with E-state index in [0.717, 1.165) is 16.9 Å². The summed E-state index contributed by atoms with van der Waals surface area (Å²) in [6.07, 6.45) is 2.28. The number of carbonyl (C=O) groups excluding carboxylic acids is 1. The molecule has 35 heavy (non-hydrogen) atoms. The number of hydrogen-bond donors (Lipinski definition) is 0. The number of methoxy groups -OCH3 is 1. The number of carbonyl (C=O) groups is 1. The van der Waals surface area contributed by atoms with Crippen molar-refractivity contribution in [3.05, 3.63) is 118 Å². The second-order valence-electron chi connectivity index (χ2n) is 8.34. The number of nitrogens with zero attached hydrogens (tertiary/aromatic N) is 1. The fraction of sp³-hybridized carbons (Fsp3) is 0.172. The van der Waals surface area contributed by atoms with Gasteiger partial charge < -0.3 is 18.8 Å². The van der Waals surface area contributed by atoms with Crippen molar-refractivity contribution < 1.29 is 18.7 Å². The van der Waals surface area contributed by atoms with Crippen LogP contribution in [0, 0.1) is 0 Å². The van der Waals surface area contributed by atoms with Gasteiger partial charge in [0.1, 0.15) is 23.7 Å². The highest BCUT2D eigenvalue weighted by Crippen LogP contribution is 2.39. The summed E-state index contributed by atoms with van der Waals surface area (Å²) in [6, 6.07) is 21.7. The largest absolute Gasteiger partial charge is 0.497 e. The molecule has 5 rings (SSSR count). The molecule has 176 valence electrons. The number of benzene rings is 3. The van der Waals surface area contributed by atoms with Crippen LogP contribution < -0.4 is 14.9 Å². The minimum atomic E-state index is -0.580. The Morgan fingerprint density at radius 2 is 1.80 bits per heavy atom. The van der Waals surface area contributed by atoms with E-state index in [2.05, 4.69) is 6.58 Å². The number of para-hydroxylation sites is 1. The van der Waals surface area contributed by atoms with E-state index in [-0.39, 0.29) is 17.1 Å². The highest BCUT2D eigenvalue weighted by molar-refractivity contribution is 5.99. The molecule has 3 aromatic carbocycles. The van der Waals surface area contributed by atoms with Crippen LogP contribution in [0.5, 0.6) is 11.5 Å². The van der Waals surface area contributed by atoms with E-state index in [0.29, 0.717) is 41.9 Å². The smallest absolute Gasteiger partial charge is 0.290 e. The molecule has 1 atom stereocenters. The average molecular weight is 468 g/mol. The van der Waals surface area contributed by atoms with Crippen LogP contribution in [0.25, 0.3) is 11.0 Å². The predicted octanol–water partition coefficient (Wildman–Crippen LogP) is 5.15. The lowest BCUT2D eigenvalue weighted by atomic mass is 9.98. The predicted molar refractivity (Wildman–Crippen MR) is 134 cm³/mol. The van der Waals surface area contributed by atoms with E-state index in [4.69, 9.17) is 13.9 Å². The first-order chi connectivity index (χ1) is 17.1. The van der Waals surface area contributed by atoms with Crippen LogP contribution in [0.1, 0.15) is 33.3 Å². The lowest BCUT2D eigenvalue weighted by molar-refractivity contribution is 0.0730. The van der Waals surface area contributed by atoms with Crippen molar-refractivity contribution in [2.45, 2.75) is 12.5 Å². The van der Waals surface area contributed by atoms with Gasteiger partial charge in [0.15, 0.2) is 5.43 Å². The van der Waals surface area contributed by atoms with Gasteiger partial charge in [-0.2, -0.15) is 0 Å². The zero-order valence-corrected chi connectivity index (χ0v) is 19.4. The summed E-state index contributed by atoms with van der Waals surface area (Å²) < 4.78 is 17.0. The molecule has 0 aliphatic carbocycles. The Morgan fingerprint density at radius 1 is 1.00 bits per heavy atom. The van der Waals surface area contributed by atoms with Crippen LogP contribution in [0.2, 0.25) is 0 Å². The van der Waals surface area contributed by atoms with Crippen LogP contribution in [-0.2, 0) is 6.42 Å². The number of amides is 1. The van der Waals surface area contributed by atoms with Gasteiger partial charge in [-0.15, -0.1) is 0 Å². The zero-order valence-electron chi connectivity index (χ0n) is 19.4. The third-order valence-electron chi connectivity index (χ3n) is 6.22. The van der Waals surface area contributed by atoms with Crippen molar-refractivity contribution in [1.29, 1.82) is 0 Å². The van der Waals surface area contributed by atoms with Crippen LogP contribution in [0.3, 0.4) is 0 Å². The minimum absolute atomic E-state index is 0.103. The van der Waals surface area contributed by atoms with Crippen molar-refractivity contribution in [1.82, 2.24) is 4.90 Å². The monoisotopic (exact) mass is 467 g/mol. The Morgan fingerprint density at radius 3 is 2.57 bits per heavy atom. The van der Waals surface area contributed by atoms with E-state index in [9.17, 15) is 9.59 Å². The lowest BCUT2D eigenvalue weighted by Crippen LogP contribution is -2.31. The molecule has 0 N–H and O–H groups in total. The molecule has 0 spiro atoms. The average Bonchev–Trinajstić information content (AvgIpc) is 3.18. The van der Waals surface area contributed by atoms with E-state index >= 15 is 0 Å². The van der Waals surface area contributed by atoms with Gasteiger partial charge in [-0.1, -0.05) is 49.1 Å². The highest BCUT2D eigenvalue weighted by Gasteiger charge is 2.42. The van der Waals surface area contributed by atoms with Crippen LogP contribution in [0.15, 0.2) is 94.7 Å². The molecule has 0 fully saturated rings. The third kappa shape index (κ3) is 4.19. The Bertz CT molecular complexity index is 1450. The summed E-state index contributed by atoms with van der Waals surface area (Å²) in [6.45, 7) is 4.46. The topological polar surface area (TPSA) is 69.0 Å². The van der Waals surface area contributed by atoms with Gasteiger partial charge >= 0.3 is 0 Å². The van der Waals surface area contributed by atoms with Gasteiger partial charge in [0.05, 0.1) is 24.1 Å². The summed E-state index contributed by atoms with van der Waals surface area (Å²) >= 11 is 0. The van der Waals surface area contributed by atoms with Crippen LogP contribution >= 0.6 is 0 Å². The molecular formula is C29H25NO5. The molecular weight excluding hydrogens is 442 g/mol. The number of ether oxygens (including phenoxy) is 2. The SMILES string of the molecule is C=CCOc1cccc(C2c3c(oc4ccccc4c3=O)C(=O)N2CCc2ccc(OC)cc2)c1. The third-order valence-corrected chi connectivity index (χ3v) is 6.22. The normalized spacial score (nSPS) is 14.7. The van der Waals surface area contributed by atoms with Crippen molar-refractivity contribution in [2.75, 3.05) is 20.3 Å². The van der Waals surface area contributed by atoms with Crippen molar-refractivity contribution in [3.63, 3.8) is 0 Å². The number of fused-ring (bicyclic) bond motifs is 2. The van der Waals surface area contributed by atoms with E-state index in [1.54, 1.807) is 42.4 Å². The van der Waals surface area contributed by atoms with Crippen molar-refractivity contribution in [2.24, 2.45) is 0 Å². The summed E-state index contributed by atoms with van der Waals surface area (Å²) in [5.74, 6) is 1.22. The maximum absolute atomic E-state index is 13.6. The van der Waals surface area contributed by atoms with Gasteiger partial charge in [-0.25, -0.2) is 0 Å². The first kappa shape index (κ1) is 22.5. The summed E-state index contributed by atoms with van der Waals surface area (Å²) in [5, 5.41) is 0.458. The minimum Gasteiger partial charge on any atom is -0.497 e. The molecule has 2 heterocycles. The Kier molecular flexibility index (Phi) is 6.10. The molecule has 0 bridgehead atoms. The Labute approximate surface area is 203 Å². The van der Waals surface area contributed by atoms with Gasteiger partial charge in [-0.3, -0.25) is 9.59 Å². The standard InChI is InChI=1S/C29H25NO5/c1-3-17-34-22-8-6-7-20(18-22)26-25-27(31)23-9-4-5-10-24(23)35-28(25)29(32)30(26)16-15-19-11-13-21(33-2)14-12-19/h3-14,18,26H,1,15-17H2,2H3. The van der Waals surface area contributed by atoms with E-state index in [1.165, 1.54) is 0 Å². The van der Waals surface area contributed by atoms with Crippen LogP contribution in [0.4, 0.5) is 0 Å². The highest BCUT2D eigenvalue weighted by atomic mass is 16.5. The Balaban J connectivity index is 1.58. The molecule has 0 saturated heterocycles. The number of rotatable bonds is 8. The molecule has 1 amide bonds. The fourth-order valence-corrected chi connectivity index (χ4v) is 4.52. The summed E-state index contributed by atoms with van der Waals surface area (Å²) in [7, 11) is 1.63. The van der Waals surface area contributed by atoms with Gasteiger partial charge in [0, 0.05) is 6.54 Å². The first-order valence-electron chi connectivity index (χ1n) is 11.4. The second-order valence-corrected chi connectivity index (χ2v) is 8.34. The van der Waals surface area contributed by atoms with Gasteiger partial charge in [-0.05, 0) is 53.9 Å². The molecule has 1 unspecified atom stereocenters. The maximum Gasteiger partial charge on any atom is 0.290 e. The molecule has 0 radical (unpaired) electrons. The molecule has 6 heteroatoms. The Hall–Kier alpha value is -4.32. The maximum atomic E-state index is 13.6. The summed E-state index contributed by atoms with van der Waals surface area (Å²) in [4.78, 5) is 28.9. The zero-order chi connectivity index (χ0) is 24.4. The van der Waals surface area contributed by atoms with Gasteiger partial charge in [0.2, 0.25) is 5.76 Å². The lowest BCUT2D eigenvalue weighted by Gasteiger charge is -2.25. The van der Waals surface area contributed by atoms with Crippen molar-refractivity contribution in [3.8, 4) is 11.5 Å². The molecule has 1 aliphatic heterocycles. The first-order valence-corrected chi connectivity index (χ1v) is 11.4. The quantitative estimate of drug-likeness (QED) is 0.335. The second kappa shape index (κ2) is 9.50. The molecule has 1 aromatic heterocycles. The van der Waals surface area contributed by atoms with Crippen LogP contribution in [-0.4, -0.2) is 31.1 Å². The molecule has 4 aromatic rings. The van der Waals surface area contributed by atoms with Crippen molar-refractivity contribution >= 4 is 16.9 Å². The molecule has 0 saturated carbocycles.